The van der Waals surface area contributed by atoms with Gasteiger partial charge >= 0.3 is 0 Å². The molecule has 0 bridgehead atoms. The van der Waals surface area contributed by atoms with Crippen molar-refractivity contribution in [3.8, 4) is 0 Å². The molecule has 5 rings (SSSR count). The topological polar surface area (TPSA) is 79.4 Å². The van der Waals surface area contributed by atoms with Crippen molar-refractivity contribution in [3.05, 3.63) is 65.7 Å². The molecule has 3 amide bonds. The Hall–Kier alpha value is -3.23. The fourth-order valence-electron chi connectivity index (χ4n) is 3.94. The number of carbonyl (C=O) groups is 3. The van der Waals surface area contributed by atoms with Gasteiger partial charge in [-0.15, -0.1) is 11.3 Å². The molecule has 1 N–H and O–H groups in total. The number of nitrogens with zero attached hydrogens (tertiary/aromatic N) is 2. The Labute approximate surface area is 199 Å². The van der Waals surface area contributed by atoms with Crippen LogP contribution in [0, 0.1) is 0 Å². The molecule has 4 aromatic rings. The van der Waals surface area contributed by atoms with E-state index in [4.69, 9.17) is 0 Å². The van der Waals surface area contributed by atoms with Crippen LogP contribution in [-0.2, 0) is 4.79 Å². The van der Waals surface area contributed by atoms with Crippen molar-refractivity contribution in [1.29, 1.82) is 0 Å². The van der Waals surface area contributed by atoms with Crippen molar-refractivity contribution in [2.75, 3.05) is 17.2 Å². The van der Waals surface area contributed by atoms with Crippen LogP contribution < -0.4 is 10.2 Å². The Morgan fingerprint density at radius 1 is 1.06 bits per heavy atom. The zero-order valence-electron chi connectivity index (χ0n) is 18.0. The molecule has 0 atom stereocenters. The number of nitrogens with one attached hydrogen (secondary N) is 1. The van der Waals surface area contributed by atoms with Crippen LogP contribution in [0.5, 0.6) is 0 Å². The van der Waals surface area contributed by atoms with E-state index in [1.54, 1.807) is 18.2 Å². The number of imide groups is 1. The molecule has 3 aromatic carbocycles. The average molecular weight is 476 g/mol. The summed E-state index contributed by atoms with van der Waals surface area (Å²) in [6.07, 6.45) is 2.00. The molecule has 6 nitrogen and oxygen atoms in total. The largest absolute Gasteiger partial charge is 0.355 e. The monoisotopic (exact) mass is 475 g/mol. The second kappa shape index (κ2) is 8.96. The number of hydrogen-bond donors (Lipinski definition) is 1. The van der Waals surface area contributed by atoms with Crippen LogP contribution >= 0.6 is 23.1 Å². The number of aromatic nitrogens is 1. The SMILES string of the molecule is CCCCNC(=O)CSc1nc2ccc(N3C(=O)c4cccc5cccc(c45)C3=O)cc2s1. The molecular weight excluding hydrogens is 454 g/mol. The standard InChI is InChI=1S/C25H21N3O3S2/c1-2-3-12-26-21(29)14-32-25-27-19-11-10-16(13-20(19)33-25)28-23(30)17-8-4-6-15-7-5-9-18(22(15)17)24(28)31/h4-11,13H,2-3,12,14H2,1H3,(H,26,29). The number of amides is 3. The first-order valence-electron chi connectivity index (χ1n) is 10.8. The van der Waals surface area contributed by atoms with Gasteiger partial charge in [-0.05, 0) is 42.1 Å². The van der Waals surface area contributed by atoms with E-state index >= 15 is 0 Å². The first kappa shape index (κ1) is 21.6. The van der Waals surface area contributed by atoms with Gasteiger partial charge in [0, 0.05) is 23.1 Å². The van der Waals surface area contributed by atoms with Crippen LogP contribution in [0.4, 0.5) is 5.69 Å². The molecule has 8 heteroatoms. The summed E-state index contributed by atoms with van der Waals surface area (Å²) in [7, 11) is 0. The molecule has 0 fully saturated rings. The zero-order valence-corrected chi connectivity index (χ0v) is 19.6. The lowest BCUT2D eigenvalue weighted by molar-refractivity contribution is -0.118. The van der Waals surface area contributed by atoms with E-state index in [1.807, 2.05) is 36.4 Å². The van der Waals surface area contributed by atoms with Crippen LogP contribution in [0.3, 0.4) is 0 Å². The minimum absolute atomic E-state index is 0.00857. The second-order valence-electron chi connectivity index (χ2n) is 7.78. The first-order valence-corrected chi connectivity index (χ1v) is 12.6. The zero-order chi connectivity index (χ0) is 22.9. The fourth-order valence-corrected chi connectivity index (χ4v) is 5.87. The molecule has 1 aliphatic rings. The van der Waals surface area contributed by atoms with Gasteiger partial charge < -0.3 is 5.32 Å². The number of hydrogen-bond acceptors (Lipinski definition) is 6. The molecular formula is C25H21N3O3S2. The van der Waals surface area contributed by atoms with E-state index in [1.165, 1.54) is 28.0 Å². The smallest absolute Gasteiger partial charge is 0.265 e. The molecule has 1 aromatic heterocycles. The number of fused-ring (bicyclic) bond motifs is 1. The second-order valence-corrected chi connectivity index (χ2v) is 10.0. The highest BCUT2D eigenvalue weighted by Gasteiger charge is 2.34. The quantitative estimate of drug-likeness (QED) is 0.224. The molecule has 1 aliphatic heterocycles. The maximum absolute atomic E-state index is 13.3. The maximum atomic E-state index is 13.3. The molecule has 0 saturated carbocycles. The van der Waals surface area contributed by atoms with Crippen LogP contribution in [0.15, 0.2) is 58.9 Å². The number of thioether (sulfide) groups is 1. The van der Waals surface area contributed by atoms with Crippen molar-refractivity contribution < 1.29 is 14.4 Å². The summed E-state index contributed by atoms with van der Waals surface area (Å²) >= 11 is 2.84. The summed E-state index contributed by atoms with van der Waals surface area (Å²) in [6.45, 7) is 2.77. The number of unbranched alkanes of at least 4 members (excludes halogenated alkanes) is 1. The summed E-state index contributed by atoms with van der Waals surface area (Å²) < 4.78 is 1.64. The van der Waals surface area contributed by atoms with Crippen LogP contribution in [0.2, 0.25) is 0 Å². The Kier molecular flexibility index (Phi) is 5.86. The highest BCUT2D eigenvalue weighted by atomic mass is 32.2. The third-order valence-electron chi connectivity index (χ3n) is 5.56. The van der Waals surface area contributed by atoms with Crippen molar-refractivity contribution in [3.63, 3.8) is 0 Å². The normalized spacial score (nSPS) is 13.2. The Morgan fingerprint density at radius 2 is 1.79 bits per heavy atom. The van der Waals surface area contributed by atoms with Crippen molar-refractivity contribution in [2.24, 2.45) is 0 Å². The highest BCUT2D eigenvalue weighted by Crippen LogP contribution is 2.36. The summed E-state index contributed by atoms with van der Waals surface area (Å²) in [5.41, 5.74) is 2.34. The van der Waals surface area contributed by atoms with E-state index in [0.717, 1.165) is 32.8 Å². The predicted molar refractivity (Wildman–Crippen MR) is 133 cm³/mol. The lowest BCUT2D eigenvalue weighted by atomic mass is 9.94. The first-order chi connectivity index (χ1) is 16.1. The van der Waals surface area contributed by atoms with Gasteiger partial charge in [0.05, 0.1) is 21.7 Å². The van der Waals surface area contributed by atoms with Gasteiger partial charge in [-0.2, -0.15) is 0 Å². The van der Waals surface area contributed by atoms with E-state index < -0.39 is 0 Å². The number of thiazole rings is 1. The third kappa shape index (κ3) is 4.00. The number of benzene rings is 3. The van der Waals surface area contributed by atoms with E-state index in [9.17, 15) is 14.4 Å². The van der Waals surface area contributed by atoms with Crippen molar-refractivity contribution in [1.82, 2.24) is 10.3 Å². The van der Waals surface area contributed by atoms with Gasteiger partial charge in [0.2, 0.25) is 5.91 Å². The molecule has 0 aliphatic carbocycles. The predicted octanol–water partition coefficient (Wildman–Crippen LogP) is 5.26. The number of rotatable bonds is 7. The fraction of sp³-hybridized carbons (Fsp3) is 0.200. The lowest BCUT2D eigenvalue weighted by Gasteiger charge is -2.27. The van der Waals surface area contributed by atoms with Crippen molar-refractivity contribution in [2.45, 2.75) is 24.1 Å². The van der Waals surface area contributed by atoms with E-state index in [0.29, 0.717) is 34.5 Å². The summed E-state index contributed by atoms with van der Waals surface area (Å²) in [5, 5.41) is 4.49. The number of carbonyl (C=O) groups excluding carboxylic acids is 3. The third-order valence-corrected chi connectivity index (χ3v) is 7.72. The van der Waals surface area contributed by atoms with Crippen LogP contribution in [0.1, 0.15) is 40.5 Å². The van der Waals surface area contributed by atoms with Gasteiger partial charge in [0.15, 0.2) is 4.34 Å². The van der Waals surface area contributed by atoms with Crippen molar-refractivity contribution >= 4 is 67.5 Å². The summed E-state index contributed by atoms with van der Waals surface area (Å²) in [6, 6.07) is 16.4. The summed E-state index contributed by atoms with van der Waals surface area (Å²) in [5.74, 6) is -0.357. The van der Waals surface area contributed by atoms with Gasteiger partial charge in [-0.3, -0.25) is 14.4 Å². The Morgan fingerprint density at radius 3 is 2.48 bits per heavy atom. The lowest BCUT2D eigenvalue weighted by Crippen LogP contribution is -2.40. The van der Waals surface area contributed by atoms with Crippen LogP contribution in [0.25, 0.3) is 21.0 Å². The minimum atomic E-state index is -0.327. The highest BCUT2D eigenvalue weighted by molar-refractivity contribution is 8.01. The maximum Gasteiger partial charge on any atom is 0.265 e. The molecule has 0 saturated heterocycles. The average Bonchev–Trinajstić information content (AvgIpc) is 3.24. The Bertz CT molecular complexity index is 1360. The molecule has 2 heterocycles. The summed E-state index contributed by atoms with van der Waals surface area (Å²) in [4.78, 5) is 44.4. The Balaban J connectivity index is 1.41. The van der Waals surface area contributed by atoms with E-state index in [-0.39, 0.29) is 17.7 Å². The number of anilines is 1. The molecule has 0 unspecified atom stereocenters. The molecule has 0 radical (unpaired) electrons. The molecule has 33 heavy (non-hydrogen) atoms. The minimum Gasteiger partial charge on any atom is -0.355 e. The van der Waals surface area contributed by atoms with Gasteiger partial charge in [-0.25, -0.2) is 9.88 Å². The van der Waals surface area contributed by atoms with Gasteiger partial charge in [0.1, 0.15) is 0 Å². The van der Waals surface area contributed by atoms with E-state index in [2.05, 4.69) is 17.2 Å². The molecule has 166 valence electrons. The van der Waals surface area contributed by atoms with Crippen LogP contribution in [-0.4, -0.2) is 35.0 Å². The van der Waals surface area contributed by atoms with Gasteiger partial charge in [0.25, 0.3) is 11.8 Å². The molecule has 0 spiro atoms. The van der Waals surface area contributed by atoms with Gasteiger partial charge in [-0.1, -0.05) is 49.4 Å².